The van der Waals surface area contributed by atoms with Gasteiger partial charge in [0.1, 0.15) is 10.7 Å². The minimum Gasteiger partial charge on any atom is -0.386 e. The third-order valence-electron chi connectivity index (χ3n) is 2.36. The lowest BCUT2D eigenvalue weighted by Gasteiger charge is -2.20. The van der Waals surface area contributed by atoms with Gasteiger partial charge in [0, 0.05) is 17.1 Å². The van der Waals surface area contributed by atoms with Crippen molar-refractivity contribution in [1.29, 1.82) is 0 Å². The van der Waals surface area contributed by atoms with Gasteiger partial charge in [-0.1, -0.05) is 0 Å². The topological polar surface area (TPSA) is 37.3 Å². The Morgan fingerprint density at radius 2 is 1.37 bits per heavy atom. The average Bonchev–Trinajstić information content (AvgIpc) is 2.34. The van der Waals surface area contributed by atoms with Gasteiger partial charge in [-0.3, -0.25) is 4.21 Å². The predicted octanol–water partition coefficient (Wildman–Crippen LogP) is 2.48. The first-order valence-corrected chi connectivity index (χ1v) is 7.69. The minimum absolute atomic E-state index is 0.792. The van der Waals surface area contributed by atoms with Crippen LogP contribution in [0.5, 0.6) is 0 Å². The second-order valence-corrected chi connectivity index (χ2v) is 6.31. The van der Waals surface area contributed by atoms with Gasteiger partial charge in [0.05, 0.1) is 5.56 Å². The summed E-state index contributed by atoms with van der Waals surface area (Å²) in [6.45, 7) is 0. The van der Waals surface area contributed by atoms with Crippen LogP contribution < -0.4 is 0 Å². The molecule has 0 amide bonds. The molecule has 3 unspecified atom stereocenters. The molecule has 0 saturated heterocycles. The number of halogens is 5. The molecule has 2 nitrogen and oxygen atoms in total. The highest BCUT2D eigenvalue weighted by atomic mass is 32.2. The first-order valence-electron chi connectivity index (χ1n) is 4.78. The number of benzene rings is 1. The van der Waals surface area contributed by atoms with Crippen LogP contribution in [0, 0.1) is 29.1 Å². The standard InChI is InChI=1S/C10H9F5O2S2/c1-18-10(19(2)17)9(16)3-4(11)6(13)8(15)7(14)5(3)12/h9-10,16H,1-2H3. The van der Waals surface area contributed by atoms with Crippen molar-refractivity contribution in [2.75, 3.05) is 12.5 Å². The maximum Gasteiger partial charge on any atom is 0.200 e. The molecule has 0 radical (unpaired) electrons. The van der Waals surface area contributed by atoms with Crippen molar-refractivity contribution in [2.45, 2.75) is 10.7 Å². The number of rotatable bonds is 4. The lowest BCUT2D eigenvalue weighted by atomic mass is 10.1. The van der Waals surface area contributed by atoms with E-state index in [1.165, 1.54) is 6.26 Å². The van der Waals surface area contributed by atoms with E-state index in [0.717, 1.165) is 18.0 Å². The van der Waals surface area contributed by atoms with E-state index in [2.05, 4.69) is 0 Å². The molecule has 108 valence electrons. The van der Waals surface area contributed by atoms with Crippen molar-refractivity contribution in [3.63, 3.8) is 0 Å². The van der Waals surface area contributed by atoms with Crippen LogP contribution in [0.3, 0.4) is 0 Å². The largest absolute Gasteiger partial charge is 0.386 e. The van der Waals surface area contributed by atoms with E-state index in [9.17, 15) is 31.3 Å². The van der Waals surface area contributed by atoms with E-state index in [4.69, 9.17) is 0 Å². The quantitative estimate of drug-likeness (QED) is 0.526. The summed E-state index contributed by atoms with van der Waals surface area (Å²) in [4.78, 5) is 0. The fourth-order valence-electron chi connectivity index (χ4n) is 1.46. The Labute approximate surface area is 112 Å². The highest BCUT2D eigenvalue weighted by Gasteiger charge is 2.34. The summed E-state index contributed by atoms with van der Waals surface area (Å²) >= 11 is 0.792. The summed E-state index contributed by atoms with van der Waals surface area (Å²) in [5.74, 6) is -10.8. The van der Waals surface area contributed by atoms with Crippen LogP contribution in [-0.2, 0) is 10.8 Å². The smallest absolute Gasteiger partial charge is 0.200 e. The summed E-state index contributed by atoms with van der Waals surface area (Å²) in [6, 6.07) is 0. The first-order chi connectivity index (χ1) is 8.73. The Bertz CT molecular complexity index is 494. The Balaban J connectivity index is 3.47. The highest BCUT2D eigenvalue weighted by Crippen LogP contribution is 2.33. The Hall–Kier alpha value is -0.670. The molecular formula is C10H9F5O2S2. The van der Waals surface area contributed by atoms with E-state index in [1.807, 2.05) is 0 Å². The van der Waals surface area contributed by atoms with Gasteiger partial charge in [0.2, 0.25) is 5.82 Å². The van der Waals surface area contributed by atoms with Crippen molar-refractivity contribution >= 4 is 22.6 Å². The molecule has 3 atom stereocenters. The molecule has 0 aliphatic rings. The van der Waals surface area contributed by atoms with Gasteiger partial charge in [-0.25, -0.2) is 22.0 Å². The lowest BCUT2D eigenvalue weighted by molar-refractivity contribution is 0.179. The average molecular weight is 320 g/mol. The third-order valence-corrected chi connectivity index (χ3v) is 5.38. The van der Waals surface area contributed by atoms with Gasteiger partial charge < -0.3 is 5.11 Å². The molecule has 1 N–H and O–H groups in total. The summed E-state index contributed by atoms with van der Waals surface area (Å²) in [6.07, 6.45) is 0.461. The second kappa shape index (κ2) is 6.19. The molecule has 0 saturated carbocycles. The summed E-state index contributed by atoms with van der Waals surface area (Å²) < 4.78 is 75.7. The molecule has 0 heterocycles. The maximum atomic E-state index is 13.4. The molecular weight excluding hydrogens is 311 g/mol. The van der Waals surface area contributed by atoms with Crippen molar-refractivity contribution in [1.82, 2.24) is 0 Å². The van der Waals surface area contributed by atoms with E-state index in [1.54, 1.807) is 0 Å². The van der Waals surface area contributed by atoms with E-state index >= 15 is 0 Å². The van der Waals surface area contributed by atoms with Gasteiger partial charge in [-0.05, 0) is 6.26 Å². The van der Waals surface area contributed by atoms with Crippen LogP contribution in [-0.4, -0.2) is 26.4 Å². The Morgan fingerprint density at radius 3 is 1.68 bits per heavy atom. The molecule has 0 spiro atoms. The molecule has 19 heavy (non-hydrogen) atoms. The van der Waals surface area contributed by atoms with Gasteiger partial charge in [0.15, 0.2) is 23.3 Å². The zero-order valence-corrected chi connectivity index (χ0v) is 11.3. The van der Waals surface area contributed by atoms with Crippen molar-refractivity contribution in [3.8, 4) is 0 Å². The van der Waals surface area contributed by atoms with Gasteiger partial charge in [-0.15, -0.1) is 11.8 Å². The monoisotopic (exact) mass is 320 g/mol. The van der Waals surface area contributed by atoms with Crippen molar-refractivity contribution in [2.24, 2.45) is 0 Å². The van der Waals surface area contributed by atoms with Crippen molar-refractivity contribution < 1.29 is 31.3 Å². The third kappa shape index (κ3) is 2.92. The molecule has 0 aliphatic heterocycles. The molecule has 1 aromatic rings. The maximum absolute atomic E-state index is 13.4. The Morgan fingerprint density at radius 1 is 1.00 bits per heavy atom. The predicted molar refractivity (Wildman–Crippen MR) is 62.6 cm³/mol. The molecule has 9 heteroatoms. The molecule has 0 aliphatic carbocycles. The van der Waals surface area contributed by atoms with Crippen LogP contribution in [0.15, 0.2) is 0 Å². The SMILES string of the molecule is CSC(C(O)c1c(F)c(F)c(F)c(F)c1F)S(C)=O. The summed E-state index contributed by atoms with van der Waals surface area (Å²) in [5.41, 5.74) is -1.37. The van der Waals surface area contributed by atoms with Gasteiger partial charge in [0.25, 0.3) is 0 Å². The molecule has 1 rings (SSSR count). The van der Waals surface area contributed by atoms with E-state index < -0.39 is 56.1 Å². The minimum atomic E-state index is -2.30. The number of aliphatic hydroxyl groups excluding tert-OH is 1. The van der Waals surface area contributed by atoms with E-state index in [-0.39, 0.29) is 0 Å². The zero-order valence-electron chi connectivity index (χ0n) is 9.72. The van der Waals surface area contributed by atoms with E-state index in [0.29, 0.717) is 0 Å². The number of aliphatic hydroxyl groups is 1. The number of hydrogen-bond acceptors (Lipinski definition) is 3. The van der Waals surface area contributed by atoms with Crippen molar-refractivity contribution in [3.05, 3.63) is 34.6 Å². The number of hydrogen-bond donors (Lipinski definition) is 1. The molecule has 0 fully saturated rings. The van der Waals surface area contributed by atoms with Crippen LogP contribution >= 0.6 is 11.8 Å². The molecule has 0 aromatic heterocycles. The molecule has 0 bridgehead atoms. The van der Waals surface area contributed by atoms with Gasteiger partial charge in [-0.2, -0.15) is 0 Å². The summed E-state index contributed by atoms with van der Waals surface area (Å²) in [5, 5.41) is 9.70. The number of thioether (sulfide) groups is 1. The normalized spacial score (nSPS) is 16.2. The molecule has 1 aromatic carbocycles. The first kappa shape index (κ1) is 16.4. The highest BCUT2D eigenvalue weighted by molar-refractivity contribution is 8.10. The van der Waals surface area contributed by atoms with Crippen LogP contribution in [0.2, 0.25) is 0 Å². The second-order valence-electron chi connectivity index (χ2n) is 3.53. The van der Waals surface area contributed by atoms with Gasteiger partial charge >= 0.3 is 0 Å². The van der Waals surface area contributed by atoms with Crippen LogP contribution in [0.1, 0.15) is 11.7 Å². The summed E-state index contributed by atoms with van der Waals surface area (Å²) in [7, 11) is -1.73. The fourth-order valence-corrected chi connectivity index (χ4v) is 3.44. The lowest BCUT2D eigenvalue weighted by Crippen LogP contribution is -2.23. The Kier molecular flexibility index (Phi) is 5.34. The van der Waals surface area contributed by atoms with Crippen LogP contribution in [0.4, 0.5) is 22.0 Å². The fraction of sp³-hybridized carbons (Fsp3) is 0.400. The zero-order chi connectivity index (χ0) is 14.9. The van der Waals surface area contributed by atoms with Crippen LogP contribution in [0.25, 0.3) is 0 Å².